The topological polar surface area (TPSA) is 15.3 Å². The summed E-state index contributed by atoms with van der Waals surface area (Å²) in [4.78, 5) is 2.61. The molecule has 0 unspecified atom stereocenters. The molecule has 2 aliphatic rings. The van der Waals surface area contributed by atoms with Crippen LogP contribution < -0.4 is 10.2 Å². The smallest absolute Gasteiger partial charge is 0.0412 e. The van der Waals surface area contributed by atoms with Crippen molar-refractivity contribution in [3.05, 3.63) is 28.2 Å². The fourth-order valence-electron chi connectivity index (χ4n) is 3.51. The van der Waals surface area contributed by atoms with Gasteiger partial charge in [0.05, 0.1) is 0 Å². The zero-order chi connectivity index (χ0) is 14.9. The molecule has 116 valence electrons. The number of anilines is 1. The quantitative estimate of drug-likeness (QED) is 0.798. The van der Waals surface area contributed by atoms with Crippen molar-refractivity contribution in [3.63, 3.8) is 0 Å². The van der Waals surface area contributed by atoms with E-state index in [-0.39, 0.29) is 0 Å². The Kier molecular flexibility index (Phi) is 4.60. The molecule has 1 aliphatic carbocycles. The molecule has 1 aromatic carbocycles. The Labute approximate surface area is 137 Å². The van der Waals surface area contributed by atoms with Gasteiger partial charge in [-0.25, -0.2) is 0 Å². The summed E-state index contributed by atoms with van der Waals surface area (Å²) in [6.45, 7) is 8.13. The molecule has 2 fully saturated rings. The van der Waals surface area contributed by atoms with E-state index in [2.05, 4.69) is 58.2 Å². The van der Waals surface area contributed by atoms with Crippen LogP contribution in [0.4, 0.5) is 5.69 Å². The van der Waals surface area contributed by atoms with E-state index in [1.54, 1.807) is 0 Å². The normalized spacial score (nSPS) is 21.0. The summed E-state index contributed by atoms with van der Waals surface area (Å²) in [5.41, 5.74) is 3.42. The molecule has 0 amide bonds. The highest BCUT2D eigenvalue weighted by Crippen LogP contribution is 2.40. The molecule has 0 bridgehead atoms. The van der Waals surface area contributed by atoms with Gasteiger partial charge in [-0.3, -0.25) is 0 Å². The molecule has 1 heterocycles. The van der Waals surface area contributed by atoms with Crippen molar-refractivity contribution in [2.24, 2.45) is 5.41 Å². The van der Waals surface area contributed by atoms with Crippen LogP contribution in [0.3, 0.4) is 0 Å². The summed E-state index contributed by atoms with van der Waals surface area (Å²) in [6.07, 6.45) is 6.63. The van der Waals surface area contributed by atoms with Crippen molar-refractivity contribution in [1.82, 2.24) is 5.32 Å². The lowest BCUT2D eigenvalue weighted by Crippen LogP contribution is -2.27. The maximum Gasteiger partial charge on any atom is 0.0412 e. The summed E-state index contributed by atoms with van der Waals surface area (Å²) >= 11 is 3.63. The van der Waals surface area contributed by atoms with Gasteiger partial charge in [0.25, 0.3) is 0 Å². The van der Waals surface area contributed by atoms with Crippen molar-refractivity contribution >= 4 is 21.6 Å². The number of nitrogens with zero attached hydrogens (tertiary/aromatic N) is 1. The van der Waals surface area contributed by atoms with Gasteiger partial charge < -0.3 is 10.2 Å². The first-order valence-electron chi connectivity index (χ1n) is 8.42. The molecule has 1 aromatic rings. The predicted molar refractivity (Wildman–Crippen MR) is 93.8 cm³/mol. The molecule has 0 spiro atoms. The minimum atomic E-state index is 0.536. The SMILES string of the molecule is CCC1(CC)CCN(c2ccc(Br)cc2CNC2CC2)C1. The molecule has 0 radical (unpaired) electrons. The molecule has 1 saturated carbocycles. The minimum absolute atomic E-state index is 0.536. The third kappa shape index (κ3) is 3.45. The molecule has 0 aromatic heterocycles. The fourth-order valence-corrected chi connectivity index (χ4v) is 3.92. The zero-order valence-electron chi connectivity index (χ0n) is 13.3. The predicted octanol–water partition coefficient (Wildman–Crippen LogP) is 4.72. The zero-order valence-corrected chi connectivity index (χ0v) is 14.9. The average Bonchev–Trinajstić information content (AvgIpc) is 3.23. The molecule has 3 heteroatoms. The van der Waals surface area contributed by atoms with E-state index < -0.39 is 0 Å². The van der Waals surface area contributed by atoms with Crippen molar-refractivity contribution in [2.75, 3.05) is 18.0 Å². The van der Waals surface area contributed by atoms with E-state index in [1.807, 2.05) is 0 Å². The summed E-state index contributed by atoms with van der Waals surface area (Å²) in [5.74, 6) is 0. The molecule has 1 aliphatic heterocycles. The van der Waals surface area contributed by atoms with Crippen molar-refractivity contribution in [2.45, 2.75) is 58.5 Å². The van der Waals surface area contributed by atoms with Gasteiger partial charge in [0, 0.05) is 35.8 Å². The number of nitrogens with one attached hydrogen (secondary N) is 1. The largest absolute Gasteiger partial charge is 0.371 e. The van der Waals surface area contributed by atoms with E-state index in [0.717, 1.165) is 12.6 Å². The van der Waals surface area contributed by atoms with Crippen LogP contribution in [0.2, 0.25) is 0 Å². The maximum absolute atomic E-state index is 3.67. The van der Waals surface area contributed by atoms with Crippen molar-refractivity contribution in [3.8, 4) is 0 Å². The number of rotatable bonds is 6. The van der Waals surface area contributed by atoms with Crippen molar-refractivity contribution < 1.29 is 0 Å². The van der Waals surface area contributed by atoms with Crippen molar-refractivity contribution in [1.29, 1.82) is 0 Å². The first kappa shape index (κ1) is 15.4. The number of benzene rings is 1. The van der Waals surface area contributed by atoms with E-state index in [9.17, 15) is 0 Å². The summed E-state index contributed by atoms with van der Waals surface area (Å²) in [5, 5.41) is 3.67. The number of halogens is 1. The van der Waals surface area contributed by atoms with Crippen LogP contribution in [-0.4, -0.2) is 19.1 Å². The van der Waals surface area contributed by atoms with Crippen LogP contribution in [0.1, 0.15) is 51.5 Å². The molecule has 3 rings (SSSR count). The van der Waals surface area contributed by atoms with Gasteiger partial charge in [-0.15, -0.1) is 0 Å². The first-order valence-corrected chi connectivity index (χ1v) is 9.22. The van der Waals surface area contributed by atoms with E-state index in [0.29, 0.717) is 5.41 Å². The highest BCUT2D eigenvalue weighted by atomic mass is 79.9. The van der Waals surface area contributed by atoms with Gasteiger partial charge in [-0.05, 0) is 61.3 Å². The second-order valence-electron chi connectivity index (χ2n) is 6.81. The second-order valence-corrected chi connectivity index (χ2v) is 7.72. The highest BCUT2D eigenvalue weighted by molar-refractivity contribution is 9.10. The molecule has 2 nitrogen and oxygen atoms in total. The van der Waals surface area contributed by atoms with Crippen LogP contribution in [0.5, 0.6) is 0 Å². The molecular weight excluding hydrogens is 324 g/mol. The van der Waals surface area contributed by atoms with Crippen LogP contribution >= 0.6 is 15.9 Å². The van der Waals surface area contributed by atoms with Crippen LogP contribution in [0, 0.1) is 5.41 Å². The van der Waals surface area contributed by atoms with Gasteiger partial charge in [-0.2, -0.15) is 0 Å². The maximum atomic E-state index is 3.67. The summed E-state index contributed by atoms with van der Waals surface area (Å²) in [6, 6.07) is 7.55. The third-order valence-electron chi connectivity index (χ3n) is 5.48. The van der Waals surface area contributed by atoms with E-state index in [4.69, 9.17) is 0 Å². The average molecular weight is 351 g/mol. The molecule has 1 N–H and O–H groups in total. The Morgan fingerprint density at radius 3 is 2.67 bits per heavy atom. The summed E-state index contributed by atoms with van der Waals surface area (Å²) < 4.78 is 1.19. The number of hydrogen-bond donors (Lipinski definition) is 1. The number of hydrogen-bond acceptors (Lipinski definition) is 2. The van der Waals surface area contributed by atoms with Gasteiger partial charge in [0.15, 0.2) is 0 Å². The lowest BCUT2D eigenvalue weighted by Gasteiger charge is -2.28. The summed E-state index contributed by atoms with van der Waals surface area (Å²) in [7, 11) is 0. The van der Waals surface area contributed by atoms with Crippen LogP contribution in [-0.2, 0) is 6.54 Å². The molecular formula is C18H27BrN2. The molecule has 21 heavy (non-hydrogen) atoms. The molecule has 0 atom stereocenters. The lowest BCUT2D eigenvalue weighted by molar-refractivity contribution is 0.301. The Hall–Kier alpha value is -0.540. The van der Waals surface area contributed by atoms with E-state index >= 15 is 0 Å². The van der Waals surface area contributed by atoms with Gasteiger partial charge in [0.2, 0.25) is 0 Å². The third-order valence-corrected chi connectivity index (χ3v) is 5.97. The minimum Gasteiger partial charge on any atom is -0.371 e. The molecule has 1 saturated heterocycles. The van der Waals surface area contributed by atoms with Crippen LogP contribution in [0.15, 0.2) is 22.7 Å². The first-order chi connectivity index (χ1) is 10.2. The Bertz CT molecular complexity index is 492. The standard InChI is InChI=1S/C18H27BrN2/c1-3-18(4-2)9-10-21(13-18)17-8-5-15(19)11-14(17)12-20-16-6-7-16/h5,8,11,16,20H,3-4,6-7,9-10,12-13H2,1-2H3. The van der Waals surface area contributed by atoms with Gasteiger partial charge in [0.1, 0.15) is 0 Å². The lowest BCUT2D eigenvalue weighted by atomic mass is 9.82. The Balaban J connectivity index is 1.77. The van der Waals surface area contributed by atoms with Gasteiger partial charge >= 0.3 is 0 Å². The van der Waals surface area contributed by atoms with Gasteiger partial charge in [-0.1, -0.05) is 29.8 Å². The fraction of sp³-hybridized carbons (Fsp3) is 0.667. The van der Waals surface area contributed by atoms with E-state index in [1.165, 1.54) is 60.9 Å². The second kappa shape index (κ2) is 6.29. The Morgan fingerprint density at radius 2 is 2.05 bits per heavy atom. The highest BCUT2D eigenvalue weighted by Gasteiger charge is 2.35. The Morgan fingerprint density at radius 1 is 1.29 bits per heavy atom. The monoisotopic (exact) mass is 350 g/mol. The van der Waals surface area contributed by atoms with Crippen LogP contribution in [0.25, 0.3) is 0 Å².